The van der Waals surface area contributed by atoms with Crippen LogP contribution in [0.2, 0.25) is 0 Å². The fraction of sp³-hybridized carbons (Fsp3) is 0.558. The van der Waals surface area contributed by atoms with Crippen LogP contribution in [0.4, 0.5) is 9.59 Å². The second-order valence-electron chi connectivity index (χ2n) is 14.3. The number of hydrogen-bond acceptors (Lipinski definition) is 10. The van der Waals surface area contributed by atoms with Gasteiger partial charge in [-0.05, 0) is 87.1 Å². The summed E-state index contributed by atoms with van der Waals surface area (Å²) < 4.78 is 25.6. The summed E-state index contributed by atoms with van der Waals surface area (Å²) in [7, 11) is 0. The van der Waals surface area contributed by atoms with Gasteiger partial charge in [0.1, 0.15) is 24.1 Å². The van der Waals surface area contributed by atoms with Crippen molar-refractivity contribution in [2.24, 2.45) is 22.9 Å². The molecule has 3 N–H and O–H groups in total. The third kappa shape index (κ3) is 9.71. The van der Waals surface area contributed by atoms with E-state index in [0.717, 1.165) is 42.4 Å². The van der Waals surface area contributed by atoms with E-state index in [-0.39, 0.29) is 44.2 Å². The van der Waals surface area contributed by atoms with E-state index in [1.54, 1.807) is 24.0 Å². The Morgan fingerprint density at radius 1 is 1.04 bits per heavy atom. The predicted octanol–water partition coefficient (Wildman–Crippen LogP) is 7.50. The lowest BCUT2D eigenvalue weighted by Crippen LogP contribution is -2.70. The van der Waals surface area contributed by atoms with Crippen molar-refractivity contribution in [1.82, 2.24) is 10.2 Å². The number of aliphatic hydroxyl groups excluding tert-OH is 2. The normalized spacial score (nSPS) is 24.4. The average molecular weight is 762 g/mol. The Balaban J connectivity index is 1.69. The molecule has 1 saturated carbocycles. The van der Waals surface area contributed by atoms with E-state index in [2.05, 4.69) is 18.0 Å². The van der Waals surface area contributed by atoms with Crippen LogP contribution in [0.15, 0.2) is 78.0 Å². The van der Waals surface area contributed by atoms with Gasteiger partial charge in [-0.3, -0.25) is 4.90 Å². The number of nitrogens with one attached hydrogen (secondary N) is 1. The molecule has 12 heteroatoms. The van der Waals surface area contributed by atoms with Gasteiger partial charge in [0.15, 0.2) is 0 Å². The minimum absolute atomic E-state index is 0.0322. The zero-order chi connectivity index (χ0) is 39.2. The van der Waals surface area contributed by atoms with Crippen LogP contribution in [-0.2, 0) is 20.9 Å². The molecule has 0 spiro atoms. The van der Waals surface area contributed by atoms with Crippen LogP contribution in [0.1, 0.15) is 89.2 Å². The van der Waals surface area contributed by atoms with Gasteiger partial charge in [-0.1, -0.05) is 67.4 Å². The number of aliphatic hydroxyl groups is 2. The second-order valence-corrected chi connectivity index (χ2v) is 14.3. The van der Waals surface area contributed by atoms with Crippen LogP contribution < -0.4 is 14.8 Å². The molecule has 2 aromatic rings. The summed E-state index contributed by atoms with van der Waals surface area (Å²) in [6.45, 7) is 11.3. The van der Waals surface area contributed by atoms with Gasteiger partial charge >= 0.3 is 12.2 Å². The lowest BCUT2D eigenvalue weighted by Gasteiger charge is -2.59. The van der Waals surface area contributed by atoms with Crippen molar-refractivity contribution in [2.45, 2.75) is 96.4 Å². The van der Waals surface area contributed by atoms with E-state index < -0.39 is 29.9 Å². The van der Waals surface area contributed by atoms with Gasteiger partial charge in [-0.2, -0.15) is 0 Å². The molecule has 0 aromatic heterocycles. The number of allylic oxidation sites excluding steroid dienone is 1. The number of carbonyl (C=O) groups is 2. The highest BCUT2D eigenvalue weighted by atomic mass is 16.7. The quantitative estimate of drug-likeness (QED) is 0.0709. The highest BCUT2D eigenvalue weighted by Gasteiger charge is 2.65. The number of benzene rings is 2. The van der Waals surface area contributed by atoms with Gasteiger partial charge in [-0.25, -0.2) is 9.59 Å². The molecule has 0 saturated heterocycles. The first-order valence-electron chi connectivity index (χ1n) is 20.0. The Morgan fingerprint density at radius 3 is 2.49 bits per heavy atom. The van der Waals surface area contributed by atoms with Crippen LogP contribution in [0, 0.1) is 17.8 Å². The fourth-order valence-corrected chi connectivity index (χ4v) is 8.59. The van der Waals surface area contributed by atoms with E-state index in [9.17, 15) is 19.8 Å². The van der Waals surface area contributed by atoms with Gasteiger partial charge in [0.2, 0.25) is 5.79 Å². The molecule has 6 unspecified atom stereocenters. The number of fused-ring (bicyclic) bond motifs is 2. The topological polar surface area (TPSA) is 148 Å². The van der Waals surface area contributed by atoms with Gasteiger partial charge in [-0.15, -0.1) is 6.58 Å². The molecule has 2 amide bonds. The molecule has 1 fully saturated rings. The SMILES string of the molecule is C=CCOC12Oc3ccc(OC(=O)NCc4ccccc4)cc3C3C(CCCCO)C(CCCCO)C=C(C(=NOCC)CC1N(CCC)C(=O)OCC)C32. The minimum atomic E-state index is -1.38. The van der Waals surface area contributed by atoms with Crippen molar-refractivity contribution >= 4 is 17.9 Å². The molecule has 5 rings (SSSR count). The Bertz CT molecular complexity index is 1630. The number of amides is 2. The maximum atomic E-state index is 13.9. The van der Waals surface area contributed by atoms with Crippen LogP contribution >= 0.6 is 0 Å². The number of rotatable bonds is 20. The van der Waals surface area contributed by atoms with Crippen LogP contribution in [0.25, 0.3) is 0 Å². The van der Waals surface area contributed by atoms with E-state index in [1.807, 2.05) is 56.3 Å². The molecule has 12 nitrogen and oxygen atoms in total. The molecule has 55 heavy (non-hydrogen) atoms. The van der Waals surface area contributed by atoms with Crippen LogP contribution in [0.5, 0.6) is 11.5 Å². The van der Waals surface area contributed by atoms with Crippen LogP contribution in [0.3, 0.4) is 0 Å². The standard InChI is InChI=1S/C43H59N3O9/c1-5-22-46(42(50)51-7-3)38-28-36(45-53-8-4)34-26-31(18-12-14-23-47)33(19-13-15-24-48)39-35-27-32(54-41(49)44-29-30-16-10-9-11-17-30)20-21-37(35)55-43(38,40(34)39)52-25-6-2/h6,9-11,16-17,20-21,26-27,31,33,38-40,47-48H,2,5,7-8,12-15,18-19,22-25,28-29H2,1,3-4H3,(H,44,49). The predicted molar refractivity (Wildman–Crippen MR) is 210 cm³/mol. The summed E-state index contributed by atoms with van der Waals surface area (Å²) >= 11 is 0. The van der Waals surface area contributed by atoms with Crippen LogP contribution in [-0.4, -0.2) is 84.4 Å². The molecule has 300 valence electrons. The van der Waals surface area contributed by atoms with Gasteiger partial charge in [0.25, 0.3) is 0 Å². The number of hydrogen-bond donors (Lipinski definition) is 3. The monoisotopic (exact) mass is 761 g/mol. The lowest BCUT2D eigenvalue weighted by atomic mass is 9.55. The van der Waals surface area contributed by atoms with Crippen molar-refractivity contribution < 1.29 is 43.6 Å². The van der Waals surface area contributed by atoms with Crippen molar-refractivity contribution in [3.63, 3.8) is 0 Å². The van der Waals surface area contributed by atoms with Crippen molar-refractivity contribution in [3.8, 4) is 11.5 Å². The van der Waals surface area contributed by atoms with Gasteiger partial charge in [0, 0.05) is 44.2 Å². The highest BCUT2D eigenvalue weighted by Crippen LogP contribution is 2.62. The third-order valence-corrected chi connectivity index (χ3v) is 10.8. The fourth-order valence-electron chi connectivity index (χ4n) is 8.59. The molecule has 6 atom stereocenters. The third-order valence-electron chi connectivity index (χ3n) is 10.8. The summed E-state index contributed by atoms with van der Waals surface area (Å²) in [6.07, 6.45) is 8.43. The Kier molecular flexibility index (Phi) is 15.6. The summed E-state index contributed by atoms with van der Waals surface area (Å²) in [5.41, 5.74) is 3.46. The van der Waals surface area contributed by atoms with Crippen molar-refractivity contribution in [3.05, 3.63) is 84.0 Å². The highest BCUT2D eigenvalue weighted by molar-refractivity contribution is 6.03. The zero-order valence-electron chi connectivity index (χ0n) is 32.6. The first-order chi connectivity index (χ1) is 26.8. The molecular formula is C43H59N3O9. The molecule has 2 aromatic carbocycles. The summed E-state index contributed by atoms with van der Waals surface area (Å²) in [5.74, 6) is -1.06. The zero-order valence-corrected chi connectivity index (χ0v) is 32.6. The smallest absolute Gasteiger partial charge is 0.412 e. The molecule has 3 aliphatic rings. The number of nitrogens with zero attached hydrogens (tertiary/aromatic N) is 2. The number of unbranched alkanes of at least 4 members (excludes halogenated alkanes) is 2. The Hall–Kier alpha value is -4.39. The summed E-state index contributed by atoms with van der Waals surface area (Å²) in [5, 5.41) is 27.2. The number of oxime groups is 1. The first-order valence-corrected chi connectivity index (χ1v) is 20.0. The second kappa shape index (κ2) is 20.5. The molecule has 2 aliphatic carbocycles. The molecule has 1 aliphatic heterocycles. The molecule has 0 bridgehead atoms. The molecule has 0 radical (unpaired) electrons. The maximum Gasteiger partial charge on any atom is 0.412 e. The first kappa shape index (κ1) is 41.8. The van der Waals surface area contributed by atoms with Crippen molar-refractivity contribution in [2.75, 3.05) is 39.6 Å². The minimum Gasteiger partial charge on any atom is -0.459 e. The lowest BCUT2D eigenvalue weighted by molar-refractivity contribution is -0.255. The summed E-state index contributed by atoms with van der Waals surface area (Å²) in [6, 6.07) is 14.4. The Morgan fingerprint density at radius 2 is 1.80 bits per heavy atom. The number of carbonyl (C=O) groups excluding carboxylic acids is 2. The molecular weight excluding hydrogens is 702 g/mol. The van der Waals surface area contributed by atoms with E-state index >= 15 is 0 Å². The van der Waals surface area contributed by atoms with E-state index in [0.29, 0.717) is 62.6 Å². The Labute approximate surface area is 325 Å². The van der Waals surface area contributed by atoms with E-state index in [1.165, 1.54) is 0 Å². The maximum absolute atomic E-state index is 13.9. The largest absolute Gasteiger partial charge is 0.459 e. The van der Waals surface area contributed by atoms with Gasteiger partial charge in [0.05, 0.1) is 24.8 Å². The van der Waals surface area contributed by atoms with E-state index in [4.69, 9.17) is 28.9 Å². The van der Waals surface area contributed by atoms with Crippen molar-refractivity contribution in [1.29, 1.82) is 0 Å². The average Bonchev–Trinajstić information content (AvgIpc) is 3.19. The number of ether oxygens (including phenoxy) is 4. The molecule has 1 heterocycles. The van der Waals surface area contributed by atoms with Gasteiger partial charge < -0.3 is 39.3 Å². The summed E-state index contributed by atoms with van der Waals surface area (Å²) in [4.78, 5) is 34.5.